The largest absolute Gasteiger partial charge is 0.501 e. The van der Waals surface area contributed by atoms with Crippen molar-refractivity contribution < 1.29 is 46.4 Å². The van der Waals surface area contributed by atoms with Gasteiger partial charge < -0.3 is 46.4 Å². The third kappa shape index (κ3) is 15.9. The topological polar surface area (TPSA) is 102 Å². The van der Waals surface area contributed by atoms with E-state index in [9.17, 15) is 0 Å². The lowest BCUT2D eigenvalue weighted by Crippen LogP contribution is -2.46. The molecule has 4 rings (SSSR count). The van der Waals surface area contributed by atoms with E-state index in [-0.39, 0.29) is 12.8 Å². The molecule has 1 aliphatic carbocycles. The lowest BCUT2D eigenvalue weighted by Gasteiger charge is -2.32. The van der Waals surface area contributed by atoms with E-state index < -0.39 is 8.80 Å². The molecule has 10 nitrogen and oxygen atoms in total. The molecule has 3 unspecified atom stereocenters. The van der Waals surface area contributed by atoms with E-state index in [0.29, 0.717) is 77.8 Å². The summed E-state index contributed by atoms with van der Waals surface area (Å²) in [5.41, 5.74) is -0.0985. The normalized spacial score (nSPS) is 24.4. The first-order valence-corrected chi connectivity index (χ1v) is 17.1. The maximum atomic E-state index is 5.81. The van der Waals surface area contributed by atoms with E-state index in [1.165, 1.54) is 12.8 Å². The molecular weight excluding hydrogens is 536 g/mol. The monoisotopic (exact) mass is 594 g/mol. The number of ether oxygens (including phenoxy) is 7. The number of epoxide rings is 3. The van der Waals surface area contributed by atoms with E-state index in [1.807, 2.05) is 20.8 Å². The molecule has 0 N–H and O–H groups in total. The molecule has 4 aliphatic rings. The molecule has 0 spiro atoms. The third-order valence-corrected chi connectivity index (χ3v) is 10.2. The molecule has 3 heterocycles. The molecule has 3 saturated heterocycles. The Morgan fingerprint density at radius 2 is 1.07 bits per heavy atom. The van der Waals surface area contributed by atoms with Gasteiger partial charge in [0.2, 0.25) is 0 Å². The molecule has 3 aliphatic heterocycles. The summed E-state index contributed by atoms with van der Waals surface area (Å²) in [7, 11) is -2.44. The second-order valence-corrected chi connectivity index (χ2v) is 13.6. The Balaban J connectivity index is 0.000000277. The average Bonchev–Trinajstić information content (AvgIpc) is 3.75. The zero-order valence-corrected chi connectivity index (χ0v) is 25.8. The highest BCUT2D eigenvalue weighted by atomic mass is 28.4. The van der Waals surface area contributed by atoms with Crippen LogP contribution in [0.1, 0.15) is 60.8 Å². The summed E-state index contributed by atoms with van der Waals surface area (Å²) >= 11 is 0. The fraction of sp³-hybridized carbons (Fsp3) is 1.00. The van der Waals surface area contributed by atoms with Crippen molar-refractivity contribution in [2.24, 2.45) is 11.3 Å². The molecule has 238 valence electrons. The molecule has 0 aromatic heterocycles. The Morgan fingerprint density at radius 1 is 0.650 bits per heavy atom. The zero-order chi connectivity index (χ0) is 27.8. The molecule has 11 heteroatoms. The highest BCUT2D eigenvalue weighted by Crippen LogP contribution is 2.29. The summed E-state index contributed by atoms with van der Waals surface area (Å²) in [6, 6.07) is 0.854. The minimum atomic E-state index is -2.44. The Bertz CT molecular complexity index is 563. The van der Waals surface area contributed by atoms with Crippen molar-refractivity contribution in [3.05, 3.63) is 0 Å². The number of hydrogen-bond donors (Lipinski definition) is 0. The minimum absolute atomic E-state index is 0. The summed E-state index contributed by atoms with van der Waals surface area (Å²) < 4.78 is 56.0. The Kier molecular flexibility index (Phi) is 17.9. The van der Waals surface area contributed by atoms with Gasteiger partial charge in [0.15, 0.2) is 0 Å². The van der Waals surface area contributed by atoms with Crippen LogP contribution in [0.3, 0.4) is 0 Å². The molecular formula is C29H58O10Si. The van der Waals surface area contributed by atoms with Gasteiger partial charge in [-0.3, -0.25) is 0 Å². The highest BCUT2D eigenvalue weighted by Gasteiger charge is 2.39. The van der Waals surface area contributed by atoms with Crippen molar-refractivity contribution in [2.45, 2.75) is 85.2 Å². The van der Waals surface area contributed by atoms with E-state index in [1.54, 1.807) is 0 Å². The van der Waals surface area contributed by atoms with Crippen molar-refractivity contribution in [3.8, 4) is 0 Å². The van der Waals surface area contributed by atoms with Gasteiger partial charge in [-0.25, -0.2) is 0 Å². The first-order chi connectivity index (χ1) is 19.1. The lowest BCUT2D eigenvalue weighted by molar-refractivity contribution is -0.0762. The Labute approximate surface area is 244 Å². The van der Waals surface area contributed by atoms with Crippen LogP contribution >= 0.6 is 0 Å². The smallest absolute Gasteiger partial charge is 0.381 e. The lowest BCUT2D eigenvalue weighted by atomic mass is 9.88. The predicted molar refractivity (Wildman–Crippen MR) is 155 cm³/mol. The summed E-state index contributed by atoms with van der Waals surface area (Å²) in [5.74, 6) is 0.831. The quantitative estimate of drug-likeness (QED) is 0.0871. The molecule has 0 radical (unpaired) electrons. The summed E-state index contributed by atoms with van der Waals surface area (Å²) in [4.78, 5) is 0. The first-order valence-electron chi connectivity index (χ1n) is 15.1. The van der Waals surface area contributed by atoms with Crippen molar-refractivity contribution in [2.75, 3.05) is 92.5 Å². The van der Waals surface area contributed by atoms with Crippen LogP contribution in [0, 0.1) is 11.3 Å². The molecule has 3 atom stereocenters. The third-order valence-electron chi connectivity index (χ3n) is 7.01. The van der Waals surface area contributed by atoms with Gasteiger partial charge in [0.25, 0.3) is 0 Å². The number of hydrogen-bond acceptors (Lipinski definition) is 10. The zero-order valence-electron chi connectivity index (χ0n) is 24.8. The van der Waals surface area contributed by atoms with Crippen LogP contribution in [0.5, 0.6) is 0 Å². The van der Waals surface area contributed by atoms with Crippen molar-refractivity contribution in [1.82, 2.24) is 0 Å². The first kappa shape index (κ1) is 36.0. The van der Waals surface area contributed by atoms with Crippen LogP contribution in [0.15, 0.2) is 0 Å². The van der Waals surface area contributed by atoms with E-state index >= 15 is 0 Å². The molecule has 0 bridgehead atoms. The molecule has 4 fully saturated rings. The maximum Gasteiger partial charge on any atom is 0.501 e. The van der Waals surface area contributed by atoms with Gasteiger partial charge in [0, 0.05) is 44.5 Å². The van der Waals surface area contributed by atoms with Crippen molar-refractivity contribution in [1.29, 1.82) is 0 Å². The average molecular weight is 595 g/mol. The van der Waals surface area contributed by atoms with Crippen LogP contribution in [0.4, 0.5) is 0 Å². The second kappa shape index (κ2) is 19.9. The summed E-state index contributed by atoms with van der Waals surface area (Å²) in [5, 5.41) is 0. The predicted octanol–water partition coefficient (Wildman–Crippen LogP) is 4.12. The maximum absolute atomic E-state index is 5.81. The SMILES string of the molecule is C.CCC(COCC1CO1)(COCC1CO1)COCC1CO1.CCO[Si](CCCOCC1CC1)(OCC)OCC. The van der Waals surface area contributed by atoms with Crippen LogP contribution in [0.25, 0.3) is 0 Å². The minimum Gasteiger partial charge on any atom is -0.381 e. The second-order valence-electron chi connectivity index (χ2n) is 10.9. The van der Waals surface area contributed by atoms with E-state index in [2.05, 4.69) is 6.92 Å². The van der Waals surface area contributed by atoms with Crippen LogP contribution < -0.4 is 0 Å². The molecule has 0 amide bonds. The molecule has 40 heavy (non-hydrogen) atoms. The summed E-state index contributed by atoms with van der Waals surface area (Å²) in [6.45, 7) is 18.2. The van der Waals surface area contributed by atoms with Gasteiger partial charge in [-0.1, -0.05) is 14.4 Å². The van der Waals surface area contributed by atoms with Gasteiger partial charge in [-0.15, -0.1) is 0 Å². The van der Waals surface area contributed by atoms with Crippen LogP contribution in [0.2, 0.25) is 6.04 Å². The van der Waals surface area contributed by atoms with E-state index in [4.69, 9.17) is 46.4 Å². The van der Waals surface area contributed by atoms with Gasteiger partial charge in [-0.2, -0.15) is 0 Å². The summed E-state index contributed by atoms with van der Waals surface area (Å²) in [6.07, 6.45) is 5.47. The van der Waals surface area contributed by atoms with Crippen molar-refractivity contribution >= 4 is 8.80 Å². The Morgan fingerprint density at radius 3 is 1.40 bits per heavy atom. The van der Waals surface area contributed by atoms with Crippen LogP contribution in [-0.2, 0) is 46.4 Å². The highest BCUT2D eigenvalue weighted by molar-refractivity contribution is 6.60. The van der Waals surface area contributed by atoms with Gasteiger partial charge in [0.1, 0.15) is 18.3 Å². The number of rotatable bonds is 25. The van der Waals surface area contributed by atoms with Crippen LogP contribution in [-0.4, -0.2) is 120 Å². The molecule has 1 saturated carbocycles. The fourth-order valence-electron chi connectivity index (χ4n) is 4.07. The van der Waals surface area contributed by atoms with Gasteiger partial charge in [0.05, 0.1) is 59.5 Å². The van der Waals surface area contributed by atoms with Crippen molar-refractivity contribution in [3.63, 3.8) is 0 Å². The van der Waals surface area contributed by atoms with Gasteiger partial charge >= 0.3 is 8.80 Å². The Hall–Kier alpha value is -0.183. The molecule has 0 aromatic carbocycles. The fourth-order valence-corrected chi connectivity index (χ4v) is 6.65. The molecule has 0 aromatic rings. The van der Waals surface area contributed by atoms with E-state index in [0.717, 1.165) is 57.8 Å². The standard InChI is InChI=1S/C15H26O6.C13H28O4Si.CH4/c1-2-15(9-16-3-12-6-19-12,10-17-4-13-7-20-13)11-18-5-14-8-21-14;1-4-15-18(16-5-2,17-6-3)11-7-10-14-12-13-8-9-13;/h12-14H,2-11H2,1H3;13H,4-12H2,1-3H3;1H4. The van der Waals surface area contributed by atoms with Gasteiger partial charge in [-0.05, 0) is 52.4 Å².